The number of fused-ring (bicyclic) bond motifs is 1. The summed E-state index contributed by atoms with van der Waals surface area (Å²) in [7, 11) is 1.27. The number of halogens is 4. The molecule has 0 atom stereocenters. The zero-order valence-corrected chi connectivity index (χ0v) is 15.5. The number of hydrogen-bond acceptors (Lipinski definition) is 4. The molecule has 0 N–H and O–H groups in total. The Balaban J connectivity index is 1.94. The second-order valence-corrected chi connectivity index (χ2v) is 6.59. The van der Waals surface area contributed by atoms with Gasteiger partial charge in [-0.3, -0.25) is 13.9 Å². The summed E-state index contributed by atoms with van der Waals surface area (Å²) < 4.78 is 46.7. The van der Waals surface area contributed by atoms with E-state index >= 15 is 0 Å². The van der Waals surface area contributed by atoms with Gasteiger partial charge in [-0.2, -0.15) is 13.2 Å². The molecule has 10 heteroatoms. The standard InChI is InChI=1S/C17H13BrF3N3O3/c1-23-14-12(5-6-13(22-14)17(19,20)21)15(25)24(16(23)26)7-8-27-11-4-2-3-10(18)9-11/h2-6,9H,7-8H2,1H3. The van der Waals surface area contributed by atoms with Crippen LogP contribution in [0.2, 0.25) is 0 Å². The first-order valence-electron chi connectivity index (χ1n) is 7.74. The molecule has 142 valence electrons. The third-order valence-corrected chi connectivity index (χ3v) is 4.35. The average Bonchev–Trinajstić information content (AvgIpc) is 2.61. The van der Waals surface area contributed by atoms with E-state index in [0.29, 0.717) is 5.75 Å². The van der Waals surface area contributed by atoms with Crippen LogP contribution in [0, 0.1) is 0 Å². The van der Waals surface area contributed by atoms with Crippen LogP contribution in [0.25, 0.3) is 11.0 Å². The molecule has 0 amide bonds. The maximum absolute atomic E-state index is 12.8. The van der Waals surface area contributed by atoms with Crippen LogP contribution in [-0.2, 0) is 19.8 Å². The molecule has 2 aromatic heterocycles. The third kappa shape index (κ3) is 3.90. The minimum Gasteiger partial charge on any atom is -0.492 e. The minimum atomic E-state index is -4.67. The second kappa shape index (κ2) is 7.18. The van der Waals surface area contributed by atoms with Gasteiger partial charge in [-0.05, 0) is 30.3 Å². The largest absolute Gasteiger partial charge is 0.492 e. The summed E-state index contributed by atoms with van der Waals surface area (Å²) in [6, 6.07) is 8.77. The highest BCUT2D eigenvalue weighted by molar-refractivity contribution is 9.10. The number of rotatable bonds is 4. The number of nitrogens with zero attached hydrogens (tertiary/aromatic N) is 3. The number of aryl methyl sites for hydroxylation is 1. The molecule has 0 saturated carbocycles. The van der Waals surface area contributed by atoms with Crippen LogP contribution in [0.5, 0.6) is 5.75 Å². The van der Waals surface area contributed by atoms with Gasteiger partial charge in [0.1, 0.15) is 23.7 Å². The van der Waals surface area contributed by atoms with E-state index in [9.17, 15) is 22.8 Å². The van der Waals surface area contributed by atoms with E-state index in [2.05, 4.69) is 20.9 Å². The summed E-state index contributed by atoms with van der Waals surface area (Å²) in [6.45, 7) is -0.0276. The predicted octanol–water partition coefficient (Wildman–Crippen LogP) is 2.96. The van der Waals surface area contributed by atoms with Gasteiger partial charge in [-0.25, -0.2) is 9.78 Å². The van der Waals surface area contributed by atoms with Crippen molar-refractivity contribution in [2.75, 3.05) is 6.61 Å². The van der Waals surface area contributed by atoms with Gasteiger partial charge in [0.25, 0.3) is 5.56 Å². The van der Waals surface area contributed by atoms with Gasteiger partial charge in [0.2, 0.25) is 0 Å². The summed E-state index contributed by atoms with van der Waals surface area (Å²) in [5.41, 5.74) is -2.96. The van der Waals surface area contributed by atoms with Crippen LogP contribution in [0.1, 0.15) is 5.69 Å². The molecule has 1 aromatic carbocycles. The number of aromatic nitrogens is 3. The number of pyridine rings is 1. The molecule has 6 nitrogen and oxygen atoms in total. The molecule has 2 heterocycles. The summed E-state index contributed by atoms with van der Waals surface area (Å²) in [4.78, 5) is 28.4. The van der Waals surface area contributed by atoms with E-state index in [1.807, 2.05) is 6.07 Å². The number of ether oxygens (including phenoxy) is 1. The summed E-state index contributed by atoms with van der Waals surface area (Å²) >= 11 is 3.30. The molecule has 0 radical (unpaired) electrons. The molecule has 3 aromatic rings. The van der Waals surface area contributed by atoms with Gasteiger partial charge in [0, 0.05) is 11.5 Å². The number of alkyl halides is 3. The van der Waals surface area contributed by atoms with E-state index in [1.54, 1.807) is 18.2 Å². The van der Waals surface area contributed by atoms with Crippen molar-refractivity contribution in [2.24, 2.45) is 7.05 Å². The summed E-state index contributed by atoms with van der Waals surface area (Å²) in [5, 5.41) is -0.0763. The number of benzene rings is 1. The molecular formula is C17H13BrF3N3O3. The quantitative estimate of drug-likeness (QED) is 0.621. The zero-order valence-electron chi connectivity index (χ0n) is 14.0. The Morgan fingerprint density at radius 3 is 2.59 bits per heavy atom. The van der Waals surface area contributed by atoms with Gasteiger partial charge < -0.3 is 4.74 Å². The van der Waals surface area contributed by atoms with Crippen LogP contribution in [0.15, 0.2) is 50.5 Å². The third-order valence-electron chi connectivity index (χ3n) is 3.86. The lowest BCUT2D eigenvalue weighted by atomic mass is 10.2. The highest BCUT2D eigenvalue weighted by Gasteiger charge is 2.33. The van der Waals surface area contributed by atoms with Crippen LogP contribution in [0.3, 0.4) is 0 Å². The fraction of sp³-hybridized carbons (Fsp3) is 0.235. The Labute approximate surface area is 159 Å². The SMILES string of the molecule is Cn1c(=O)n(CCOc2cccc(Br)c2)c(=O)c2ccc(C(F)(F)F)nc21. The lowest BCUT2D eigenvalue weighted by Gasteiger charge is -2.12. The van der Waals surface area contributed by atoms with Crippen molar-refractivity contribution in [2.45, 2.75) is 12.7 Å². The molecule has 0 spiro atoms. The zero-order chi connectivity index (χ0) is 19.8. The minimum absolute atomic E-state index is 0.0329. The van der Waals surface area contributed by atoms with E-state index < -0.39 is 23.1 Å². The van der Waals surface area contributed by atoms with E-state index in [0.717, 1.165) is 25.7 Å². The van der Waals surface area contributed by atoms with Crippen molar-refractivity contribution < 1.29 is 17.9 Å². The maximum Gasteiger partial charge on any atom is 0.433 e. The van der Waals surface area contributed by atoms with Crippen LogP contribution in [-0.4, -0.2) is 20.7 Å². The molecule has 27 heavy (non-hydrogen) atoms. The first kappa shape index (κ1) is 19.2. The number of hydrogen-bond donors (Lipinski definition) is 0. The molecule has 3 rings (SSSR count). The Hall–Kier alpha value is -2.62. The lowest BCUT2D eigenvalue weighted by molar-refractivity contribution is -0.141. The average molecular weight is 444 g/mol. The van der Waals surface area contributed by atoms with Crippen LogP contribution < -0.4 is 16.0 Å². The van der Waals surface area contributed by atoms with Crippen molar-refractivity contribution >= 4 is 27.0 Å². The maximum atomic E-state index is 12.8. The molecule has 0 bridgehead atoms. The highest BCUT2D eigenvalue weighted by Crippen LogP contribution is 2.28. The Morgan fingerprint density at radius 2 is 1.93 bits per heavy atom. The van der Waals surface area contributed by atoms with Crippen molar-refractivity contribution in [3.63, 3.8) is 0 Å². The second-order valence-electron chi connectivity index (χ2n) is 5.67. The van der Waals surface area contributed by atoms with E-state index in [1.165, 1.54) is 7.05 Å². The Morgan fingerprint density at radius 1 is 1.19 bits per heavy atom. The van der Waals surface area contributed by atoms with Gasteiger partial charge in [0.05, 0.1) is 11.9 Å². The van der Waals surface area contributed by atoms with Crippen molar-refractivity contribution in [3.05, 3.63) is 67.4 Å². The van der Waals surface area contributed by atoms with E-state index in [-0.39, 0.29) is 24.2 Å². The van der Waals surface area contributed by atoms with Gasteiger partial charge in [0.15, 0.2) is 0 Å². The molecule has 0 aliphatic heterocycles. The lowest BCUT2D eigenvalue weighted by Crippen LogP contribution is -2.40. The fourth-order valence-corrected chi connectivity index (χ4v) is 2.92. The summed E-state index contributed by atoms with van der Waals surface area (Å²) in [6.07, 6.45) is -4.67. The molecule has 0 saturated heterocycles. The normalized spacial score (nSPS) is 11.7. The van der Waals surface area contributed by atoms with Crippen molar-refractivity contribution in [1.29, 1.82) is 0 Å². The van der Waals surface area contributed by atoms with Crippen LogP contribution in [0.4, 0.5) is 13.2 Å². The summed E-state index contributed by atoms with van der Waals surface area (Å²) in [5.74, 6) is 0.548. The van der Waals surface area contributed by atoms with Crippen LogP contribution >= 0.6 is 15.9 Å². The Kier molecular flexibility index (Phi) is 5.09. The fourth-order valence-electron chi connectivity index (χ4n) is 2.54. The predicted molar refractivity (Wildman–Crippen MR) is 95.9 cm³/mol. The molecule has 0 aliphatic carbocycles. The smallest absolute Gasteiger partial charge is 0.433 e. The Bertz CT molecular complexity index is 1120. The van der Waals surface area contributed by atoms with Gasteiger partial charge in [-0.1, -0.05) is 22.0 Å². The molecule has 0 fully saturated rings. The van der Waals surface area contributed by atoms with Crippen molar-refractivity contribution in [3.8, 4) is 5.75 Å². The monoisotopic (exact) mass is 443 g/mol. The van der Waals surface area contributed by atoms with Gasteiger partial charge in [-0.15, -0.1) is 0 Å². The molecular weight excluding hydrogens is 431 g/mol. The first-order valence-corrected chi connectivity index (χ1v) is 8.54. The first-order chi connectivity index (χ1) is 12.7. The topological polar surface area (TPSA) is 66.1 Å². The molecule has 0 unspecified atom stereocenters. The van der Waals surface area contributed by atoms with E-state index in [4.69, 9.17) is 4.74 Å². The highest BCUT2D eigenvalue weighted by atomic mass is 79.9. The van der Waals surface area contributed by atoms with Crippen molar-refractivity contribution in [1.82, 2.24) is 14.1 Å². The molecule has 0 aliphatic rings. The van der Waals surface area contributed by atoms with Gasteiger partial charge >= 0.3 is 11.9 Å².